The number of hydrogen-bond donors (Lipinski definition) is 2. The SMILES string of the molecule is Cc1cc(C)cc(NC(N)=NCc2ccnc(OC3CCOC3)c2)c1. The van der Waals surface area contributed by atoms with Gasteiger partial charge in [0.05, 0.1) is 19.8 Å². The lowest BCUT2D eigenvalue weighted by atomic mass is 10.1. The molecule has 6 nitrogen and oxygen atoms in total. The van der Waals surface area contributed by atoms with E-state index in [0.29, 0.717) is 25.0 Å². The summed E-state index contributed by atoms with van der Waals surface area (Å²) in [4.78, 5) is 8.64. The number of anilines is 1. The Kier molecular flexibility index (Phi) is 5.50. The zero-order chi connectivity index (χ0) is 17.6. The van der Waals surface area contributed by atoms with Crippen LogP contribution in [0.2, 0.25) is 0 Å². The minimum Gasteiger partial charge on any atom is -0.472 e. The fourth-order valence-electron chi connectivity index (χ4n) is 2.80. The van der Waals surface area contributed by atoms with Gasteiger partial charge in [0.1, 0.15) is 6.10 Å². The summed E-state index contributed by atoms with van der Waals surface area (Å²) in [6.07, 6.45) is 2.71. The number of nitrogens with two attached hydrogens (primary N) is 1. The van der Waals surface area contributed by atoms with Gasteiger partial charge >= 0.3 is 0 Å². The summed E-state index contributed by atoms with van der Waals surface area (Å²) < 4.78 is 11.1. The van der Waals surface area contributed by atoms with Gasteiger partial charge in [-0.1, -0.05) is 6.07 Å². The van der Waals surface area contributed by atoms with Crippen molar-refractivity contribution in [1.29, 1.82) is 0 Å². The summed E-state index contributed by atoms with van der Waals surface area (Å²) in [5.74, 6) is 0.984. The first-order chi connectivity index (χ1) is 12.1. The minimum atomic E-state index is 0.0857. The molecule has 2 aromatic rings. The molecule has 1 aromatic heterocycles. The lowest BCUT2D eigenvalue weighted by Gasteiger charge is -2.11. The first-order valence-electron chi connectivity index (χ1n) is 8.43. The Morgan fingerprint density at radius 1 is 1.32 bits per heavy atom. The molecular formula is C19H24N4O2. The van der Waals surface area contributed by atoms with Crippen molar-refractivity contribution in [2.75, 3.05) is 18.5 Å². The van der Waals surface area contributed by atoms with Gasteiger partial charge in [-0.15, -0.1) is 0 Å². The summed E-state index contributed by atoms with van der Waals surface area (Å²) >= 11 is 0. The first kappa shape index (κ1) is 17.2. The van der Waals surface area contributed by atoms with Gasteiger partial charge in [0, 0.05) is 24.4 Å². The van der Waals surface area contributed by atoms with E-state index >= 15 is 0 Å². The van der Waals surface area contributed by atoms with E-state index in [9.17, 15) is 0 Å². The Morgan fingerprint density at radius 3 is 2.84 bits per heavy atom. The zero-order valence-corrected chi connectivity index (χ0v) is 14.7. The molecule has 0 radical (unpaired) electrons. The van der Waals surface area contributed by atoms with Crippen LogP contribution in [0.5, 0.6) is 5.88 Å². The molecule has 1 aliphatic heterocycles. The quantitative estimate of drug-likeness (QED) is 0.646. The van der Waals surface area contributed by atoms with Gasteiger partial charge in [-0.3, -0.25) is 0 Å². The third kappa shape index (κ3) is 5.19. The first-order valence-corrected chi connectivity index (χ1v) is 8.43. The molecule has 3 N–H and O–H groups in total. The molecule has 1 fully saturated rings. The molecule has 6 heteroatoms. The molecule has 0 saturated carbocycles. The highest BCUT2D eigenvalue weighted by Crippen LogP contribution is 2.16. The van der Waals surface area contributed by atoms with Crippen LogP contribution in [0, 0.1) is 13.8 Å². The molecule has 1 atom stereocenters. The number of aliphatic imine (C=N–C) groups is 1. The van der Waals surface area contributed by atoms with Crippen molar-refractivity contribution in [3.05, 3.63) is 53.2 Å². The zero-order valence-electron chi connectivity index (χ0n) is 14.7. The van der Waals surface area contributed by atoms with Gasteiger partial charge < -0.3 is 20.5 Å². The Labute approximate surface area is 148 Å². The van der Waals surface area contributed by atoms with E-state index in [-0.39, 0.29) is 6.10 Å². The average molecular weight is 340 g/mol. The molecule has 3 rings (SSSR count). The lowest BCUT2D eigenvalue weighted by Crippen LogP contribution is -2.22. The second-order valence-electron chi connectivity index (χ2n) is 6.31. The molecule has 0 bridgehead atoms. The van der Waals surface area contributed by atoms with Crippen LogP contribution in [0.3, 0.4) is 0 Å². The molecule has 132 valence electrons. The number of nitrogens with one attached hydrogen (secondary N) is 1. The van der Waals surface area contributed by atoms with E-state index in [2.05, 4.69) is 35.2 Å². The Bertz CT molecular complexity index is 735. The van der Waals surface area contributed by atoms with E-state index in [4.69, 9.17) is 15.2 Å². The molecule has 0 spiro atoms. The molecular weight excluding hydrogens is 316 g/mol. The van der Waals surface area contributed by atoms with Gasteiger partial charge in [-0.25, -0.2) is 9.98 Å². The van der Waals surface area contributed by atoms with Gasteiger partial charge in [0.15, 0.2) is 5.96 Å². The largest absolute Gasteiger partial charge is 0.472 e. The van der Waals surface area contributed by atoms with Crippen LogP contribution in [0.15, 0.2) is 41.5 Å². The van der Waals surface area contributed by atoms with Crippen LogP contribution in [0.4, 0.5) is 5.69 Å². The molecule has 2 heterocycles. The molecule has 1 unspecified atom stereocenters. The molecule has 0 aliphatic carbocycles. The third-order valence-electron chi connectivity index (χ3n) is 3.90. The number of benzene rings is 1. The number of rotatable bonds is 5. The number of nitrogens with zero attached hydrogens (tertiary/aromatic N) is 2. The van der Waals surface area contributed by atoms with Crippen LogP contribution >= 0.6 is 0 Å². The Morgan fingerprint density at radius 2 is 2.12 bits per heavy atom. The summed E-state index contributed by atoms with van der Waals surface area (Å²) in [6.45, 7) is 5.94. The van der Waals surface area contributed by atoms with Crippen LogP contribution in [0.25, 0.3) is 0 Å². The van der Waals surface area contributed by atoms with E-state index in [0.717, 1.165) is 24.3 Å². The van der Waals surface area contributed by atoms with E-state index < -0.39 is 0 Å². The van der Waals surface area contributed by atoms with E-state index in [1.807, 2.05) is 24.3 Å². The van der Waals surface area contributed by atoms with Crippen LogP contribution in [0.1, 0.15) is 23.1 Å². The third-order valence-corrected chi connectivity index (χ3v) is 3.90. The molecule has 25 heavy (non-hydrogen) atoms. The highest BCUT2D eigenvalue weighted by Gasteiger charge is 2.17. The monoisotopic (exact) mass is 340 g/mol. The summed E-state index contributed by atoms with van der Waals surface area (Å²) in [5, 5.41) is 3.13. The van der Waals surface area contributed by atoms with Gasteiger partial charge in [0.25, 0.3) is 0 Å². The summed E-state index contributed by atoms with van der Waals surface area (Å²) in [5.41, 5.74) is 10.3. The number of ether oxygens (including phenoxy) is 2. The second kappa shape index (κ2) is 7.98. The van der Waals surface area contributed by atoms with Crippen molar-refractivity contribution in [2.24, 2.45) is 10.7 Å². The highest BCUT2D eigenvalue weighted by atomic mass is 16.5. The van der Waals surface area contributed by atoms with E-state index in [1.165, 1.54) is 11.1 Å². The number of guanidine groups is 1. The minimum absolute atomic E-state index is 0.0857. The van der Waals surface area contributed by atoms with Crippen molar-refractivity contribution in [1.82, 2.24) is 4.98 Å². The number of pyridine rings is 1. The van der Waals surface area contributed by atoms with Crippen LogP contribution in [-0.4, -0.2) is 30.3 Å². The van der Waals surface area contributed by atoms with Crippen molar-refractivity contribution in [2.45, 2.75) is 32.9 Å². The van der Waals surface area contributed by atoms with Crippen LogP contribution < -0.4 is 15.8 Å². The summed E-state index contributed by atoms with van der Waals surface area (Å²) in [6, 6.07) is 10.00. The molecule has 0 amide bonds. The number of hydrogen-bond acceptors (Lipinski definition) is 4. The Hall–Kier alpha value is -2.60. The van der Waals surface area contributed by atoms with Gasteiger partial charge in [-0.05, 0) is 48.7 Å². The maximum absolute atomic E-state index is 6.00. The van der Waals surface area contributed by atoms with Crippen molar-refractivity contribution in [3.63, 3.8) is 0 Å². The smallest absolute Gasteiger partial charge is 0.213 e. The van der Waals surface area contributed by atoms with E-state index in [1.54, 1.807) is 6.20 Å². The normalized spacial score (nSPS) is 17.5. The number of aryl methyl sites for hydroxylation is 2. The topological polar surface area (TPSA) is 81.8 Å². The highest BCUT2D eigenvalue weighted by molar-refractivity contribution is 5.92. The maximum Gasteiger partial charge on any atom is 0.213 e. The second-order valence-corrected chi connectivity index (χ2v) is 6.31. The fraction of sp³-hybridized carbons (Fsp3) is 0.368. The molecule has 1 aromatic carbocycles. The average Bonchev–Trinajstić information content (AvgIpc) is 3.05. The van der Waals surface area contributed by atoms with Crippen molar-refractivity contribution < 1.29 is 9.47 Å². The summed E-state index contributed by atoms with van der Waals surface area (Å²) in [7, 11) is 0. The predicted octanol–water partition coefficient (Wildman–Crippen LogP) is 2.79. The number of aromatic nitrogens is 1. The fourth-order valence-corrected chi connectivity index (χ4v) is 2.80. The standard InChI is InChI=1S/C19H24N4O2/c1-13-7-14(2)9-16(8-13)23-19(20)22-11-15-3-5-21-18(10-15)25-17-4-6-24-12-17/h3,5,7-10,17H,4,6,11-12H2,1-2H3,(H3,20,22,23). The Balaban J connectivity index is 1.60. The predicted molar refractivity (Wildman–Crippen MR) is 99.0 cm³/mol. The van der Waals surface area contributed by atoms with Crippen molar-refractivity contribution in [3.8, 4) is 5.88 Å². The van der Waals surface area contributed by atoms with Gasteiger partial charge in [-0.2, -0.15) is 0 Å². The maximum atomic E-state index is 6.00. The van der Waals surface area contributed by atoms with Crippen molar-refractivity contribution >= 4 is 11.6 Å². The molecule has 1 saturated heterocycles. The molecule has 1 aliphatic rings. The lowest BCUT2D eigenvalue weighted by molar-refractivity contribution is 0.138. The van der Waals surface area contributed by atoms with Gasteiger partial charge in [0.2, 0.25) is 5.88 Å². The van der Waals surface area contributed by atoms with Crippen LogP contribution in [-0.2, 0) is 11.3 Å².